The quantitative estimate of drug-likeness (QED) is 0.174. The average molecular weight is 463 g/mol. The molecular formula is C31H46N2O. The van der Waals surface area contributed by atoms with Gasteiger partial charge in [0.1, 0.15) is 12.4 Å². The lowest BCUT2D eigenvalue weighted by Crippen LogP contribution is -1.95. The molecule has 0 N–H and O–H groups in total. The van der Waals surface area contributed by atoms with Crippen molar-refractivity contribution in [2.24, 2.45) is 5.92 Å². The first kappa shape index (κ1) is 26.4. The second-order valence-electron chi connectivity index (χ2n) is 10.0. The van der Waals surface area contributed by atoms with Gasteiger partial charge in [0.25, 0.3) is 0 Å². The Bertz CT molecular complexity index is 791. The van der Waals surface area contributed by atoms with Gasteiger partial charge in [0.15, 0.2) is 5.82 Å². The first-order valence-electron chi connectivity index (χ1n) is 14.0. The van der Waals surface area contributed by atoms with Crippen molar-refractivity contribution in [2.45, 2.75) is 110 Å². The van der Waals surface area contributed by atoms with E-state index in [1.165, 1.54) is 95.5 Å². The maximum Gasteiger partial charge on any atom is 0.159 e. The third kappa shape index (κ3) is 10.4. The molecule has 1 aliphatic rings. The van der Waals surface area contributed by atoms with E-state index in [9.17, 15) is 0 Å². The van der Waals surface area contributed by atoms with Crippen molar-refractivity contribution in [2.75, 3.05) is 6.61 Å². The summed E-state index contributed by atoms with van der Waals surface area (Å²) in [5.74, 6) is 2.73. The molecule has 0 saturated heterocycles. The molecule has 0 unspecified atom stereocenters. The second-order valence-corrected chi connectivity index (χ2v) is 10.0. The standard InChI is InChI=1S/C31H46N2O/c1-2-3-4-5-10-15-24-34-30-22-20-29(21-23-30)31-32-25-28(26-33-31)19-12-9-7-6-8-11-16-27-17-13-14-18-27/h10,15,20-23,25-27H,2-9,11-14,16-19,24H2,1H3/b15-10+. The molecule has 1 fully saturated rings. The highest BCUT2D eigenvalue weighted by Crippen LogP contribution is 2.29. The summed E-state index contributed by atoms with van der Waals surface area (Å²) in [6, 6.07) is 8.10. The van der Waals surface area contributed by atoms with Gasteiger partial charge in [0.2, 0.25) is 0 Å². The van der Waals surface area contributed by atoms with Crippen LogP contribution in [0.4, 0.5) is 0 Å². The number of hydrogen-bond acceptors (Lipinski definition) is 3. The van der Waals surface area contributed by atoms with E-state index >= 15 is 0 Å². The Labute approximate surface area is 208 Å². The molecule has 3 nitrogen and oxygen atoms in total. The summed E-state index contributed by atoms with van der Waals surface area (Å²) in [6.45, 7) is 2.86. The molecule has 1 aromatic carbocycles. The molecule has 0 radical (unpaired) electrons. The fraction of sp³-hybridized carbons (Fsp3) is 0.613. The maximum absolute atomic E-state index is 5.80. The van der Waals surface area contributed by atoms with Crippen molar-refractivity contribution in [1.82, 2.24) is 9.97 Å². The van der Waals surface area contributed by atoms with Gasteiger partial charge in [-0.2, -0.15) is 0 Å². The zero-order valence-corrected chi connectivity index (χ0v) is 21.5. The zero-order chi connectivity index (χ0) is 23.7. The van der Waals surface area contributed by atoms with Crippen LogP contribution in [0.1, 0.15) is 109 Å². The molecule has 3 heteroatoms. The first-order valence-corrected chi connectivity index (χ1v) is 14.0. The SMILES string of the molecule is CCCCC/C=C/COc1ccc(-c2ncc(CCCCCCCCC3CCCC3)cn2)cc1. The fourth-order valence-corrected chi connectivity index (χ4v) is 4.94. The van der Waals surface area contributed by atoms with E-state index in [0.29, 0.717) is 6.61 Å². The van der Waals surface area contributed by atoms with E-state index in [1.54, 1.807) is 0 Å². The predicted molar refractivity (Wildman–Crippen MR) is 144 cm³/mol. The van der Waals surface area contributed by atoms with Crippen molar-refractivity contribution in [3.8, 4) is 17.1 Å². The highest BCUT2D eigenvalue weighted by molar-refractivity contribution is 5.55. The van der Waals surface area contributed by atoms with E-state index in [1.807, 2.05) is 36.7 Å². The van der Waals surface area contributed by atoms with Gasteiger partial charge in [-0.05, 0) is 61.4 Å². The van der Waals surface area contributed by atoms with Crippen LogP contribution in [-0.2, 0) is 6.42 Å². The minimum Gasteiger partial charge on any atom is -0.490 e. The van der Waals surface area contributed by atoms with Gasteiger partial charge in [-0.3, -0.25) is 0 Å². The van der Waals surface area contributed by atoms with Crippen molar-refractivity contribution in [3.63, 3.8) is 0 Å². The van der Waals surface area contributed by atoms with Crippen LogP contribution in [0.15, 0.2) is 48.8 Å². The van der Waals surface area contributed by atoms with E-state index in [4.69, 9.17) is 4.74 Å². The van der Waals surface area contributed by atoms with E-state index < -0.39 is 0 Å². The maximum atomic E-state index is 5.80. The lowest BCUT2D eigenvalue weighted by Gasteiger charge is -2.08. The number of allylic oxidation sites excluding steroid dienone is 1. The largest absolute Gasteiger partial charge is 0.490 e. The molecule has 34 heavy (non-hydrogen) atoms. The summed E-state index contributed by atoms with van der Waals surface area (Å²) in [5.41, 5.74) is 2.28. The number of unbranched alkanes of at least 4 members (excludes halogenated alkanes) is 8. The van der Waals surface area contributed by atoms with Gasteiger partial charge in [-0.15, -0.1) is 0 Å². The Morgan fingerprint density at radius 1 is 0.824 bits per heavy atom. The smallest absolute Gasteiger partial charge is 0.159 e. The predicted octanol–water partition coefficient (Wildman–Crippen LogP) is 9.12. The molecule has 2 aromatic rings. The van der Waals surface area contributed by atoms with Crippen LogP contribution in [0, 0.1) is 5.92 Å². The van der Waals surface area contributed by atoms with E-state index in [-0.39, 0.29) is 0 Å². The van der Waals surface area contributed by atoms with Crippen LogP contribution in [0.3, 0.4) is 0 Å². The zero-order valence-electron chi connectivity index (χ0n) is 21.5. The van der Waals surface area contributed by atoms with Crippen LogP contribution >= 0.6 is 0 Å². The van der Waals surface area contributed by atoms with E-state index in [0.717, 1.165) is 35.9 Å². The van der Waals surface area contributed by atoms with Crippen LogP contribution in [-0.4, -0.2) is 16.6 Å². The molecule has 0 atom stereocenters. The van der Waals surface area contributed by atoms with Gasteiger partial charge >= 0.3 is 0 Å². The monoisotopic (exact) mass is 462 g/mol. The summed E-state index contributed by atoms with van der Waals surface area (Å²) in [4.78, 5) is 9.21. The summed E-state index contributed by atoms with van der Waals surface area (Å²) in [5, 5.41) is 0. The molecule has 1 aliphatic carbocycles. The molecular weight excluding hydrogens is 416 g/mol. The number of hydrogen-bond donors (Lipinski definition) is 0. The number of benzene rings is 1. The molecule has 186 valence electrons. The number of aromatic nitrogens is 2. The molecule has 0 bridgehead atoms. The third-order valence-corrected chi connectivity index (χ3v) is 7.11. The van der Waals surface area contributed by atoms with Gasteiger partial charge in [0, 0.05) is 18.0 Å². The Balaban J connectivity index is 1.27. The number of ether oxygens (including phenoxy) is 1. The van der Waals surface area contributed by atoms with Crippen molar-refractivity contribution in [3.05, 3.63) is 54.4 Å². The number of aryl methyl sites for hydroxylation is 1. The topological polar surface area (TPSA) is 35.0 Å². The lowest BCUT2D eigenvalue weighted by atomic mass is 9.99. The van der Waals surface area contributed by atoms with Crippen molar-refractivity contribution >= 4 is 0 Å². The lowest BCUT2D eigenvalue weighted by molar-refractivity contribution is 0.362. The van der Waals surface area contributed by atoms with Gasteiger partial charge in [-0.25, -0.2) is 9.97 Å². The molecule has 3 rings (SSSR count). The first-order chi connectivity index (χ1) is 16.8. The Hall–Kier alpha value is -2.16. The van der Waals surface area contributed by atoms with Crippen LogP contribution in [0.5, 0.6) is 5.75 Å². The van der Waals surface area contributed by atoms with Crippen molar-refractivity contribution in [1.29, 1.82) is 0 Å². The summed E-state index contributed by atoms with van der Waals surface area (Å²) in [6.07, 6.45) is 30.0. The minimum atomic E-state index is 0.622. The number of rotatable bonds is 17. The van der Waals surface area contributed by atoms with Crippen LogP contribution < -0.4 is 4.74 Å². The van der Waals surface area contributed by atoms with Gasteiger partial charge < -0.3 is 4.74 Å². The summed E-state index contributed by atoms with van der Waals surface area (Å²) >= 11 is 0. The van der Waals surface area contributed by atoms with Crippen molar-refractivity contribution < 1.29 is 4.74 Å². The molecule has 0 spiro atoms. The van der Waals surface area contributed by atoms with E-state index in [2.05, 4.69) is 29.0 Å². The highest BCUT2D eigenvalue weighted by atomic mass is 16.5. The molecule has 0 aliphatic heterocycles. The van der Waals surface area contributed by atoms with Gasteiger partial charge in [-0.1, -0.05) is 96.1 Å². The molecule has 0 amide bonds. The molecule has 1 saturated carbocycles. The highest BCUT2D eigenvalue weighted by Gasteiger charge is 2.13. The van der Waals surface area contributed by atoms with Crippen LogP contribution in [0.25, 0.3) is 11.4 Å². The average Bonchev–Trinajstić information content (AvgIpc) is 3.39. The summed E-state index contributed by atoms with van der Waals surface area (Å²) < 4.78 is 5.80. The number of nitrogens with zero attached hydrogens (tertiary/aromatic N) is 2. The Morgan fingerprint density at radius 2 is 1.53 bits per heavy atom. The van der Waals surface area contributed by atoms with Gasteiger partial charge in [0.05, 0.1) is 0 Å². The Kier molecular flexibility index (Phi) is 12.8. The normalized spacial score (nSPS) is 14.3. The fourth-order valence-electron chi connectivity index (χ4n) is 4.94. The minimum absolute atomic E-state index is 0.622. The second kappa shape index (κ2) is 16.5. The summed E-state index contributed by atoms with van der Waals surface area (Å²) in [7, 11) is 0. The molecule has 1 aromatic heterocycles. The Morgan fingerprint density at radius 3 is 2.26 bits per heavy atom. The van der Waals surface area contributed by atoms with Crippen LogP contribution in [0.2, 0.25) is 0 Å². The third-order valence-electron chi connectivity index (χ3n) is 7.11. The molecule has 1 heterocycles.